The van der Waals surface area contributed by atoms with E-state index in [1.165, 1.54) is 5.56 Å². The van der Waals surface area contributed by atoms with Gasteiger partial charge in [0, 0.05) is 24.9 Å². The molecule has 0 aliphatic rings. The summed E-state index contributed by atoms with van der Waals surface area (Å²) < 4.78 is 1.65. The molecule has 0 atom stereocenters. The summed E-state index contributed by atoms with van der Waals surface area (Å²) in [6.45, 7) is 4.02. The predicted octanol–water partition coefficient (Wildman–Crippen LogP) is 2.29. The molecule has 0 radical (unpaired) electrons. The number of nitrogens with zero attached hydrogens (tertiary/aromatic N) is 2. The Bertz CT molecular complexity index is 558. The van der Waals surface area contributed by atoms with Crippen molar-refractivity contribution < 1.29 is 4.79 Å². The molecule has 1 N–H and O–H groups in total. The van der Waals surface area contributed by atoms with Crippen molar-refractivity contribution in [2.24, 2.45) is 7.05 Å². The third-order valence-electron chi connectivity index (χ3n) is 2.72. The minimum absolute atomic E-state index is 0.133. The summed E-state index contributed by atoms with van der Waals surface area (Å²) in [4.78, 5) is 11.9. The molecule has 88 valence electrons. The van der Waals surface area contributed by atoms with Gasteiger partial charge in [-0.05, 0) is 37.1 Å². The number of hydrogen-bond acceptors (Lipinski definition) is 2. The van der Waals surface area contributed by atoms with E-state index in [9.17, 15) is 4.79 Å². The Morgan fingerprint density at radius 2 is 2.00 bits per heavy atom. The number of amides is 1. The fourth-order valence-electron chi connectivity index (χ4n) is 1.55. The molecule has 4 nitrogen and oxygen atoms in total. The number of benzene rings is 1. The van der Waals surface area contributed by atoms with Gasteiger partial charge >= 0.3 is 0 Å². The van der Waals surface area contributed by atoms with Gasteiger partial charge in [0.1, 0.15) is 0 Å². The van der Waals surface area contributed by atoms with Gasteiger partial charge < -0.3 is 5.32 Å². The van der Waals surface area contributed by atoms with Crippen molar-refractivity contribution in [2.45, 2.75) is 13.8 Å². The van der Waals surface area contributed by atoms with Crippen LogP contribution in [0.2, 0.25) is 0 Å². The van der Waals surface area contributed by atoms with E-state index in [0.29, 0.717) is 11.4 Å². The standard InChI is InChI=1S/C13H15N3O/c1-9-4-5-11(8-10(9)2)13(17)14-12-6-7-16(3)15-12/h4-8H,1-3H3,(H,14,15,17). The summed E-state index contributed by atoms with van der Waals surface area (Å²) in [6.07, 6.45) is 1.79. The van der Waals surface area contributed by atoms with Crippen LogP contribution >= 0.6 is 0 Å². The van der Waals surface area contributed by atoms with Crippen molar-refractivity contribution in [2.75, 3.05) is 5.32 Å². The van der Waals surface area contributed by atoms with Crippen LogP contribution < -0.4 is 5.32 Å². The first-order valence-corrected chi connectivity index (χ1v) is 5.44. The molecule has 1 aromatic heterocycles. The molecule has 1 heterocycles. The second-order valence-electron chi connectivity index (χ2n) is 4.13. The summed E-state index contributed by atoms with van der Waals surface area (Å²) >= 11 is 0. The molecule has 0 saturated carbocycles. The first-order valence-electron chi connectivity index (χ1n) is 5.44. The van der Waals surface area contributed by atoms with E-state index >= 15 is 0 Å². The molecule has 2 aromatic rings. The molecule has 0 bridgehead atoms. The average molecular weight is 229 g/mol. The van der Waals surface area contributed by atoms with Gasteiger partial charge in [0.15, 0.2) is 5.82 Å². The Hall–Kier alpha value is -2.10. The largest absolute Gasteiger partial charge is 0.305 e. The lowest BCUT2D eigenvalue weighted by atomic mass is 10.1. The Morgan fingerprint density at radius 3 is 2.59 bits per heavy atom. The average Bonchev–Trinajstić information content (AvgIpc) is 2.68. The van der Waals surface area contributed by atoms with E-state index in [-0.39, 0.29) is 5.91 Å². The maximum atomic E-state index is 11.9. The van der Waals surface area contributed by atoms with Gasteiger partial charge in [0.25, 0.3) is 5.91 Å². The molecule has 0 unspecified atom stereocenters. The molecule has 4 heteroatoms. The fourth-order valence-corrected chi connectivity index (χ4v) is 1.55. The second kappa shape index (κ2) is 4.41. The number of carbonyl (C=O) groups excluding carboxylic acids is 1. The zero-order valence-electron chi connectivity index (χ0n) is 10.2. The van der Waals surface area contributed by atoms with Gasteiger partial charge in [0.2, 0.25) is 0 Å². The molecular formula is C13H15N3O. The van der Waals surface area contributed by atoms with Gasteiger partial charge in [-0.3, -0.25) is 9.48 Å². The smallest absolute Gasteiger partial charge is 0.256 e. The SMILES string of the molecule is Cc1ccc(C(=O)Nc2ccn(C)n2)cc1C. The molecule has 17 heavy (non-hydrogen) atoms. The van der Waals surface area contributed by atoms with Crippen LogP contribution in [-0.2, 0) is 7.05 Å². The first kappa shape index (κ1) is 11.4. The van der Waals surface area contributed by atoms with E-state index < -0.39 is 0 Å². The topological polar surface area (TPSA) is 46.9 Å². The van der Waals surface area contributed by atoms with Crippen LogP contribution in [-0.4, -0.2) is 15.7 Å². The van der Waals surface area contributed by atoms with Crippen molar-refractivity contribution in [3.63, 3.8) is 0 Å². The highest BCUT2D eigenvalue weighted by Gasteiger charge is 2.08. The monoisotopic (exact) mass is 229 g/mol. The van der Waals surface area contributed by atoms with Crippen LogP contribution in [0.15, 0.2) is 30.5 Å². The number of aryl methyl sites for hydroxylation is 3. The summed E-state index contributed by atoms with van der Waals surface area (Å²) in [5.41, 5.74) is 2.94. The molecule has 0 aliphatic heterocycles. The normalized spacial score (nSPS) is 10.3. The van der Waals surface area contributed by atoms with Crippen molar-refractivity contribution in [3.05, 3.63) is 47.2 Å². The quantitative estimate of drug-likeness (QED) is 0.858. The molecule has 1 amide bonds. The van der Waals surface area contributed by atoms with Crippen molar-refractivity contribution in [3.8, 4) is 0 Å². The summed E-state index contributed by atoms with van der Waals surface area (Å²) in [5, 5.41) is 6.86. The number of nitrogens with one attached hydrogen (secondary N) is 1. The third kappa shape index (κ3) is 2.53. The number of anilines is 1. The third-order valence-corrected chi connectivity index (χ3v) is 2.72. The minimum atomic E-state index is -0.133. The maximum absolute atomic E-state index is 11.9. The van der Waals surface area contributed by atoms with E-state index in [2.05, 4.69) is 10.4 Å². The van der Waals surface area contributed by atoms with Gasteiger partial charge in [-0.2, -0.15) is 5.10 Å². The minimum Gasteiger partial charge on any atom is -0.305 e. The lowest BCUT2D eigenvalue weighted by molar-refractivity contribution is 0.102. The number of hydrogen-bond donors (Lipinski definition) is 1. The van der Waals surface area contributed by atoms with E-state index in [1.54, 1.807) is 16.9 Å². The highest BCUT2D eigenvalue weighted by Crippen LogP contribution is 2.11. The summed E-state index contributed by atoms with van der Waals surface area (Å²) in [7, 11) is 1.81. The maximum Gasteiger partial charge on any atom is 0.256 e. The van der Waals surface area contributed by atoms with Crippen LogP contribution in [0.5, 0.6) is 0 Å². The van der Waals surface area contributed by atoms with Gasteiger partial charge in [-0.25, -0.2) is 0 Å². The first-order chi connectivity index (χ1) is 8.06. The Kier molecular flexibility index (Phi) is 2.95. The Balaban J connectivity index is 2.17. The second-order valence-corrected chi connectivity index (χ2v) is 4.13. The molecule has 0 spiro atoms. The van der Waals surface area contributed by atoms with E-state index in [0.717, 1.165) is 5.56 Å². The van der Waals surface area contributed by atoms with Gasteiger partial charge in [-0.1, -0.05) is 6.07 Å². The van der Waals surface area contributed by atoms with E-state index in [1.807, 2.05) is 39.1 Å². The fraction of sp³-hybridized carbons (Fsp3) is 0.231. The van der Waals surface area contributed by atoms with Crippen molar-refractivity contribution in [1.82, 2.24) is 9.78 Å². The van der Waals surface area contributed by atoms with Crippen LogP contribution in [0, 0.1) is 13.8 Å². The Morgan fingerprint density at radius 1 is 1.24 bits per heavy atom. The predicted molar refractivity (Wildman–Crippen MR) is 67.1 cm³/mol. The molecule has 0 saturated heterocycles. The molecule has 0 fully saturated rings. The zero-order chi connectivity index (χ0) is 12.4. The van der Waals surface area contributed by atoms with Crippen molar-refractivity contribution in [1.29, 1.82) is 0 Å². The molecule has 1 aromatic carbocycles. The highest BCUT2D eigenvalue weighted by molar-refractivity contribution is 6.03. The lowest BCUT2D eigenvalue weighted by Crippen LogP contribution is -2.12. The van der Waals surface area contributed by atoms with Crippen LogP contribution in [0.25, 0.3) is 0 Å². The lowest BCUT2D eigenvalue weighted by Gasteiger charge is -2.05. The molecular weight excluding hydrogens is 214 g/mol. The Labute approximate surface area is 100 Å². The summed E-state index contributed by atoms with van der Waals surface area (Å²) in [5.74, 6) is 0.433. The zero-order valence-corrected chi connectivity index (χ0v) is 10.2. The van der Waals surface area contributed by atoms with Gasteiger partial charge in [-0.15, -0.1) is 0 Å². The van der Waals surface area contributed by atoms with E-state index in [4.69, 9.17) is 0 Å². The number of carbonyl (C=O) groups is 1. The van der Waals surface area contributed by atoms with Crippen molar-refractivity contribution >= 4 is 11.7 Å². The molecule has 2 rings (SSSR count). The summed E-state index contributed by atoms with van der Waals surface area (Å²) in [6, 6.07) is 7.41. The van der Waals surface area contributed by atoms with Crippen LogP contribution in [0.4, 0.5) is 5.82 Å². The highest BCUT2D eigenvalue weighted by atomic mass is 16.1. The van der Waals surface area contributed by atoms with Crippen LogP contribution in [0.3, 0.4) is 0 Å². The van der Waals surface area contributed by atoms with Crippen LogP contribution in [0.1, 0.15) is 21.5 Å². The number of rotatable bonds is 2. The number of aromatic nitrogens is 2. The molecule has 0 aliphatic carbocycles. The van der Waals surface area contributed by atoms with Gasteiger partial charge in [0.05, 0.1) is 0 Å².